The molecule has 7 heteroatoms. The van der Waals surface area contributed by atoms with Crippen molar-refractivity contribution in [3.05, 3.63) is 6.33 Å². The molecule has 0 aliphatic rings. The third-order valence-electron chi connectivity index (χ3n) is 0.576. The van der Waals surface area contributed by atoms with E-state index >= 15 is 0 Å². The van der Waals surface area contributed by atoms with Crippen molar-refractivity contribution in [2.45, 2.75) is 4.96 Å². The number of rotatable bonds is 1. The normalized spacial score (nSPS) is 11.9. The van der Waals surface area contributed by atoms with Crippen LogP contribution in [0.2, 0.25) is 0 Å². The summed E-state index contributed by atoms with van der Waals surface area (Å²) in [5, 5.41) is 9.11. The molecule has 0 unspecified atom stereocenters. The maximum atomic E-state index is 12.0. The van der Waals surface area contributed by atoms with Crippen molar-refractivity contribution in [3.63, 3.8) is 0 Å². The van der Waals surface area contributed by atoms with Gasteiger partial charge in [0.05, 0.1) is 0 Å². The SMILES string of the molecule is FC(F)(Br)n1ncnn1. The Balaban J connectivity index is 2.90. The third-order valence-corrected chi connectivity index (χ3v) is 0.893. The number of hydrogen-bond donors (Lipinski definition) is 0. The van der Waals surface area contributed by atoms with Gasteiger partial charge in [0.2, 0.25) is 0 Å². The number of alkyl halides is 3. The van der Waals surface area contributed by atoms with Crippen LogP contribution in [0.25, 0.3) is 0 Å². The fourth-order valence-corrected chi connectivity index (χ4v) is 0.446. The van der Waals surface area contributed by atoms with Gasteiger partial charge in [0.25, 0.3) is 0 Å². The Labute approximate surface area is 57.0 Å². The molecule has 1 heterocycles. The molecule has 0 N–H and O–H groups in total. The Morgan fingerprint density at radius 1 is 1.56 bits per heavy atom. The zero-order chi connectivity index (χ0) is 6.91. The largest absolute Gasteiger partial charge is 0.417 e. The van der Waals surface area contributed by atoms with Gasteiger partial charge in [0.15, 0.2) is 6.33 Å². The predicted molar refractivity (Wildman–Crippen MR) is 26.9 cm³/mol. The fraction of sp³-hybridized carbons (Fsp3) is 0.500. The van der Waals surface area contributed by atoms with Crippen LogP contribution in [0.4, 0.5) is 8.78 Å². The molecule has 0 bridgehead atoms. The van der Waals surface area contributed by atoms with Gasteiger partial charge >= 0.3 is 4.96 Å². The summed E-state index contributed by atoms with van der Waals surface area (Å²) in [6.07, 6.45) is 0.926. The molecule has 0 radical (unpaired) electrons. The zero-order valence-electron chi connectivity index (χ0n) is 4.00. The van der Waals surface area contributed by atoms with Crippen molar-refractivity contribution in [3.8, 4) is 0 Å². The van der Waals surface area contributed by atoms with E-state index in [1.54, 1.807) is 0 Å². The molecule has 0 aliphatic carbocycles. The summed E-state index contributed by atoms with van der Waals surface area (Å²) in [4.78, 5) is -3.07. The zero-order valence-corrected chi connectivity index (χ0v) is 5.59. The van der Waals surface area contributed by atoms with E-state index in [2.05, 4.69) is 15.4 Å². The van der Waals surface area contributed by atoms with Crippen molar-refractivity contribution in [2.24, 2.45) is 0 Å². The molecule has 0 aromatic carbocycles. The lowest BCUT2D eigenvalue weighted by Crippen LogP contribution is -2.17. The topological polar surface area (TPSA) is 43.6 Å². The second kappa shape index (κ2) is 1.98. The first-order chi connectivity index (χ1) is 4.11. The average molecular weight is 199 g/mol. The Morgan fingerprint density at radius 3 is 2.44 bits per heavy atom. The lowest BCUT2D eigenvalue weighted by molar-refractivity contribution is 0.00386. The van der Waals surface area contributed by atoms with E-state index in [0.29, 0.717) is 0 Å². The Hall–Kier alpha value is -0.590. The Kier molecular flexibility index (Phi) is 1.43. The highest BCUT2D eigenvalue weighted by molar-refractivity contribution is 9.09. The van der Waals surface area contributed by atoms with Crippen LogP contribution in [0.5, 0.6) is 0 Å². The van der Waals surface area contributed by atoms with Crippen molar-refractivity contribution in [2.75, 3.05) is 0 Å². The predicted octanol–water partition coefficient (Wildman–Crippen LogP) is 0.575. The standard InChI is InChI=1S/C2HBrF2N4/c3-2(4,5)9-7-1-6-8-9/h1H. The highest BCUT2D eigenvalue weighted by Gasteiger charge is 2.28. The number of aromatic nitrogens is 4. The monoisotopic (exact) mass is 198 g/mol. The van der Waals surface area contributed by atoms with Crippen LogP contribution in [0, 0.1) is 0 Å². The highest BCUT2D eigenvalue weighted by Crippen LogP contribution is 2.24. The van der Waals surface area contributed by atoms with E-state index in [-0.39, 0.29) is 4.80 Å². The Morgan fingerprint density at radius 2 is 2.22 bits per heavy atom. The number of hydrogen-bond acceptors (Lipinski definition) is 3. The molecule has 0 saturated heterocycles. The van der Waals surface area contributed by atoms with Crippen LogP contribution in [-0.2, 0) is 4.96 Å². The molecular formula is C2HBrF2N4. The van der Waals surface area contributed by atoms with E-state index in [4.69, 9.17) is 0 Å². The van der Waals surface area contributed by atoms with Crippen LogP contribution in [-0.4, -0.2) is 20.2 Å². The molecule has 1 aromatic rings. The summed E-state index contributed by atoms with van der Waals surface area (Å²) in [7, 11) is 0. The fourth-order valence-electron chi connectivity index (χ4n) is 0.283. The van der Waals surface area contributed by atoms with Gasteiger partial charge in [-0.3, -0.25) is 0 Å². The molecule has 1 rings (SSSR count). The molecule has 0 atom stereocenters. The lowest BCUT2D eigenvalue weighted by Gasteiger charge is -2.02. The van der Waals surface area contributed by atoms with Crippen molar-refractivity contribution >= 4 is 15.9 Å². The maximum Gasteiger partial charge on any atom is 0.417 e. The molecular weight excluding hydrogens is 198 g/mol. The molecule has 0 fully saturated rings. The van der Waals surface area contributed by atoms with Gasteiger partial charge in [0.1, 0.15) is 0 Å². The van der Waals surface area contributed by atoms with Gasteiger partial charge in [-0.05, 0) is 5.21 Å². The molecule has 9 heavy (non-hydrogen) atoms. The quantitative estimate of drug-likeness (QED) is 0.621. The summed E-state index contributed by atoms with van der Waals surface area (Å²) in [5.74, 6) is 0. The summed E-state index contributed by atoms with van der Waals surface area (Å²) in [6.45, 7) is 0. The van der Waals surface area contributed by atoms with Crippen LogP contribution in [0.15, 0.2) is 6.33 Å². The number of tetrazole rings is 1. The minimum atomic E-state index is -3.23. The molecule has 0 aliphatic heterocycles. The lowest BCUT2D eigenvalue weighted by atomic mass is 11.3. The number of nitrogens with zero attached hydrogens (tertiary/aromatic N) is 4. The van der Waals surface area contributed by atoms with Gasteiger partial charge < -0.3 is 0 Å². The van der Waals surface area contributed by atoms with E-state index < -0.39 is 4.96 Å². The molecule has 50 valence electrons. The average Bonchev–Trinajstić information content (AvgIpc) is 2.08. The smallest absolute Gasteiger partial charge is 0.167 e. The summed E-state index contributed by atoms with van der Waals surface area (Å²) in [6, 6.07) is 0. The van der Waals surface area contributed by atoms with E-state index in [1.807, 2.05) is 15.9 Å². The second-order valence-corrected chi connectivity index (χ2v) is 2.15. The van der Waals surface area contributed by atoms with E-state index in [1.165, 1.54) is 0 Å². The van der Waals surface area contributed by atoms with Crippen LogP contribution >= 0.6 is 15.9 Å². The molecule has 4 nitrogen and oxygen atoms in total. The number of halogens is 3. The van der Waals surface area contributed by atoms with Crippen LogP contribution in [0.3, 0.4) is 0 Å². The van der Waals surface area contributed by atoms with E-state index in [9.17, 15) is 8.78 Å². The van der Waals surface area contributed by atoms with Gasteiger partial charge in [-0.2, -0.15) is 8.78 Å². The highest BCUT2D eigenvalue weighted by atomic mass is 79.9. The maximum absolute atomic E-state index is 12.0. The van der Waals surface area contributed by atoms with Crippen LogP contribution in [0.1, 0.15) is 0 Å². The Bertz CT molecular complexity index is 179. The molecule has 1 aromatic heterocycles. The summed E-state index contributed by atoms with van der Waals surface area (Å²) < 4.78 is 24.0. The summed E-state index contributed by atoms with van der Waals surface area (Å²) in [5.41, 5.74) is 0. The first-order valence-corrected chi connectivity index (χ1v) is 2.70. The molecule has 0 spiro atoms. The minimum absolute atomic E-state index is 0.160. The summed E-state index contributed by atoms with van der Waals surface area (Å²) >= 11 is 2.03. The second-order valence-electron chi connectivity index (χ2n) is 1.19. The van der Waals surface area contributed by atoms with Crippen molar-refractivity contribution in [1.29, 1.82) is 0 Å². The molecule has 0 saturated carbocycles. The van der Waals surface area contributed by atoms with Crippen molar-refractivity contribution < 1.29 is 8.78 Å². The first kappa shape index (κ1) is 6.53. The van der Waals surface area contributed by atoms with Gasteiger partial charge in [-0.25, -0.2) is 0 Å². The minimum Gasteiger partial charge on any atom is -0.167 e. The van der Waals surface area contributed by atoms with Gasteiger partial charge in [-0.1, -0.05) is 4.80 Å². The third kappa shape index (κ3) is 1.41. The molecule has 0 amide bonds. The van der Waals surface area contributed by atoms with Crippen molar-refractivity contribution in [1.82, 2.24) is 20.2 Å². The van der Waals surface area contributed by atoms with Gasteiger partial charge in [0, 0.05) is 15.9 Å². The van der Waals surface area contributed by atoms with Gasteiger partial charge in [-0.15, -0.1) is 10.2 Å². The van der Waals surface area contributed by atoms with E-state index in [0.717, 1.165) is 6.33 Å². The first-order valence-electron chi connectivity index (χ1n) is 1.91. The van der Waals surface area contributed by atoms with Crippen LogP contribution < -0.4 is 0 Å².